The van der Waals surface area contributed by atoms with E-state index in [0.717, 1.165) is 47.2 Å². The van der Waals surface area contributed by atoms with Crippen molar-refractivity contribution in [3.05, 3.63) is 89.6 Å². The lowest BCUT2D eigenvalue weighted by Gasteiger charge is -2.36. The smallest absolute Gasteiger partial charge is 0.272 e. The van der Waals surface area contributed by atoms with Gasteiger partial charge >= 0.3 is 0 Å². The molecule has 2 heterocycles. The molecule has 7 heteroatoms. The number of carbonyl (C=O) groups excluding carboxylic acids is 1. The summed E-state index contributed by atoms with van der Waals surface area (Å²) in [5, 5.41) is 4.88. The van der Waals surface area contributed by atoms with Gasteiger partial charge in [-0.3, -0.25) is 4.79 Å². The zero-order valence-electron chi connectivity index (χ0n) is 21.8. The van der Waals surface area contributed by atoms with Crippen LogP contribution in [0.5, 0.6) is 11.5 Å². The zero-order valence-corrected chi connectivity index (χ0v) is 21.8. The molecule has 190 valence electrons. The maximum absolute atomic E-state index is 13.8. The van der Waals surface area contributed by atoms with Crippen LogP contribution in [0.15, 0.2) is 72.8 Å². The van der Waals surface area contributed by atoms with E-state index in [0.29, 0.717) is 18.8 Å². The fourth-order valence-electron chi connectivity index (χ4n) is 4.70. The van der Waals surface area contributed by atoms with Gasteiger partial charge < -0.3 is 19.3 Å². The average Bonchev–Trinajstić information content (AvgIpc) is 3.40. The molecule has 1 aromatic heterocycles. The van der Waals surface area contributed by atoms with Crippen molar-refractivity contribution in [2.75, 3.05) is 45.3 Å². The molecule has 37 heavy (non-hydrogen) atoms. The fourth-order valence-corrected chi connectivity index (χ4v) is 4.70. The maximum Gasteiger partial charge on any atom is 0.272 e. The molecule has 1 fully saturated rings. The Balaban J connectivity index is 1.44. The minimum absolute atomic E-state index is 0.0296. The molecule has 0 spiro atoms. The van der Waals surface area contributed by atoms with E-state index in [1.807, 2.05) is 53.4 Å². The van der Waals surface area contributed by atoms with Crippen molar-refractivity contribution in [1.82, 2.24) is 14.7 Å². The molecule has 0 atom stereocenters. The fraction of sp³-hybridized carbons (Fsp3) is 0.267. The van der Waals surface area contributed by atoms with Gasteiger partial charge in [0.2, 0.25) is 0 Å². The van der Waals surface area contributed by atoms with Crippen molar-refractivity contribution in [2.45, 2.75) is 13.8 Å². The normalized spacial score (nSPS) is 13.5. The molecule has 0 aliphatic carbocycles. The molecule has 1 aliphatic heterocycles. The van der Waals surface area contributed by atoms with Crippen LogP contribution < -0.4 is 14.4 Å². The topological polar surface area (TPSA) is 59.8 Å². The molecule has 0 radical (unpaired) electrons. The summed E-state index contributed by atoms with van der Waals surface area (Å²) >= 11 is 0. The highest BCUT2D eigenvalue weighted by Gasteiger charge is 2.27. The summed E-state index contributed by atoms with van der Waals surface area (Å²) < 4.78 is 12.6. The third kappa shape index (κ3) is 4.89. The standard InChI is InChI=1S/C30H32N4O3/c1-21-9-10-23(19-22(21)2)26-20-28(34(31-26)24-11-13-25(36-3)14-12-24)30(35)33-17-15-32(16-18-33)27-7-5-6-8-29(27)37-4/h5-14,19-20H,15-18H2,1-4H3. The summed E-state index contributed by atoms with van der Waals surface area (Å²) in [7, 11) is 3.33. The third-order valence-electron chi connectivity index (χ3n) is 7.04. The van der Waals surface area contributed by atoms with Crippen LogP contribution in [0.4, 0.5) is 5.69 Å². The van der Waals surface area contributed by atoms with Crippen LogP contribution in [0, 0.1) is 13.8 Å². The van der Waals surface area contributed by atoms with Gasteiger partial charge in [0.1, 0.15) is 17.2 Å². The molecule has 1 amide bonds. The largest absolute Gasteiger partial charge is 0.497 e. The number of hydrogen-bond acceptors (Lipinski definition) is 5. The molecule has 4 aromatic rings. The van der Waals surface area contributed by atoms with E-state index in [9.17, 15) is 4.79 Å². The average molecular weight is 497 g/mol. The Bertz CT molecular complexity index is 1400. The van der Waals surface area contributed by atoms with E-state index >= 15 is 0 Å². The molecule has 0 saturated carbocycles. The van der Waals surface area contributed by atoms with E-state index < -0.39 is 0 Å². The second kappa shape index (κ2) is 10.4. The van der Waals surface area contributed by atoms with Crippen molar-refractivity contribution >= 4 is 11.6 Å². The number of nitrogens with zero attached hydrogens (tertiary/aromatic N) is 4. The van der Waals surface area contributed by atoms with Gasteiger partial charge in [-0.25, -0.2) is 4.68 Å². The summed E-state index contributed by atoms with van der Waals surface area (Å²) in [6.07, 6.45) is 0. The molecule has 1 aliphatic rings. The number of hydrogen-bond donors (Lipinski definition) is 0. The van der Waals surface area contributed by atoms with Gasteiger partial charge in [-0.1, -0.05) is 24.3 Å². The Kier molecular flexibility index (Phi) is 6.86. The number of ether oxygens (including phenoxy) is 2. The number of amides is 1. The predicted octanol–water partition coefficient (Wildman–Crippen LogP) is 5.14. The predicted molar refractivity (Wildman–Crippen MR) is 146 cm³/mol. The van der Waals surface area contributed by atoms with E-state index in [4.69, 9.17) is 14.6 Å². The van der Waals surface area contributed by atoms with Gasteiger partial charge in [0.25, 0.3) is 5.91 Å². The highest BCUT2D eigenvalue weighted by atomic mass is 16.5. The third-order valence-corrected chi connectivity index (χ3v) is 7.04. The number of anilines is 1. The Morgan fingerprint density at radius 3 is 2.22 bits per heavy atom. The minimum Gasteiger partial charge on any atom is -0.497 e. The monoisotopic (exact) mass is 496 g/mol. The first-order valence-electron chi connectivity index (χ1n) is 12.5. The van der Waals surface area contributed by atoms with E-state index in [1.165, 1.54) is 11.1 Å². The van der Waals surface area contributed by atoms with Gasteiger partial charge in [0.15, 0.2) is 0 Å². The number of piperazine rings is 1. The number of methoxy groups -OCH3 is 2. The van der Waals surface area contributed by atoms with Crippen LogP contribution in [0.2, 0.25) is 0 Å². The van der Waals surface area contributed by atoms with Crippen LogP contribution in [0.25, 0.3) is 16.9 Å². The lowest BCUT2D eigenvalue weighted by atomic mass is 10.0. The van der Waals surface area contributed by atoms with Crippen LogP contribution in [-0.2, 0) is 0 Å². The van der Waals surface area contributed by atoms with Crippen molar-refractivity contribution in [3.8, 4) is 28.4 Å². The first-order chi connectivity index (χ1) is 18.0. The van der Waals surface area contributed by atoms with E-state index in [1.54, 1.807) is 18.9 Å². The SMILES string of the molecule is COc1ccc(-n2nc(-c3ccc(C)c(C)c3)cc2C(=O)N2CCN(c3ccccc3OC)CC2)cc1. The van der Waals surface area contributed by atoms with Crippen molar-refractivity contribution < 1.29 is 14.3 Å². The molecular weight excluding hydrogens is 464 g/mol. The first-order valence-corrected chi connectivity index (χ1v) is 12.5. The molecular formula is C30H32N4O3. The van der Waals surface area contributed by atoms with Gasteiger partial charge in [0, 0.05) is 31.7 Å². The minimum atomic E-state index is -0.0296. The maximum atomic E-state index is 13.8. The number of para-hydroxylation sites is 2. The van der Waals surface area contributed by atoms with Crippen molar-refractivity contribution in [1.29, 1.82) is 0 Å². The second-order valence-electron chi connectivity index (χ2n) is 9.27. The zero-order chi connectivity index (χ0) is 25.9. The van der Waals surface area contributed by atoms with Gasteiger partial charge in [-0.2, -0.15) is 5.10 Å². The van der Waals surface area contributed by atoms with Crippen LogP contribution in [-0.4, -0.2) is 61.0 Å². The van der Waals surface area contributed by atoms with E-state index in [2.05, 4.69) is 43.0 Å². The molecule has 5 rings (SSSR count). The Morgan fingerprint density at radius 1 is 0.811 bits per heavy atom. The Morgan fingerprint density at radius 2 is 1.54 bits per heavy atom. The summed E-state index contributed by atoms with van der Waals surface area (Å²) in [6.45, 7) is 6.87. The van der Waals surface area contributed by atoms with Gasteiger partial charge in [0.05, 0.1) is 31.3 Å². The lowest BCUT2D eigenvalue weighted by molar-refractivity contribution is 0.0737. The lowest BCUT2D eigenvalue weighted by Crippen LogP contribution is -2.49. The number of benzene rings is 3. The summed E-state index contributed by atoms with van der Waals surface area (Å²) in [4.78, 5) is 18.0. The molecule has 0 N–H and O–H groups in total. The van der Waals surface area contributed by atoms with Crippen molar-refractivity contribution in [3.63, 3.8) is 0 Å². The van der Waals surface area contributed by atoms with Crippen LogP contribution in [0.3, 0.4) is 0 Å². The number of rotatable bonds is 6. The van der Waals surface area contributed by atoms with Crippen LogP contribution in [0.1, 0.15) is 21.6 Å². The van der Waals surface area contributed by atoms with Gasteiger partial charge in [-0.05, 0) is 73.5 Å². The molecule has 7 nitrogen and oxygen atoms in total. The second-order valence-corrected chi connectivity index (χ2v) is 9.27. The van der Waals surface area contributed by atoms with E-state index in [-0.39, 0.29) is 5.91 Å². The van der Waals surface area contributed by atoms with Crippen molar-refractivity contribution in [2.24, 2.45) is 0 Å². The number of aromatic nitrogens is 2. The summed E-state index contributed by atoms with van der Waals surface area (Å²) in [5.41, 5.74) is 6.59. The summed E-state index contributed by atoms with van der Waals surface area (Å²) in [6, 6.07) is 23.8. The first kappa shape index (κ1) is 24.4. The molecule has 0 bridgehead atoms. The number of aryl methyl sites for hydroxylation is 2. The highest BCUT2D eigenvalue weighted by Crippen LogP contribution is 2.29. The quantitative estimate of drug-likeness (QED) is 0.370. The molecule has 0 unspecified atom stereocenters. The summed E-state index contributed by atoms with van der Waals surface area (Å²) in [5.74, 6) is 1.57. The Labute approximate surface area is 217 Å². The Hall–Kier alpha value is -4.26. The number of carbonyl (C=O) groups is 1. The molecule has 1 saturated heterocycles. The molecule has 3 aromatic carbocycles. The van der Waals surface area contributed by atoms with Gasteiger partial charge in [-0.15, -0.1) is 0 Å². The highest BCUT2D eigenvalue weighted by molar-refractivity contribution is 5.94. The van der Waals surface area contributed by atoms with Crippen LogP contribution >= 0.6 is 0 Å².